The highest BCUT2D eigenvalue weighted by atomic mass is 35.5. The summed E-state index contributed by atoms with van der Waals surface area (Å²) in [7, 11) is -0.509. The van der Waals surface area contributed by atoms with Crippen LogP contribution in [0.4, 0.5) is 4.39 Å². The standard InChI is InChI=1S/C19H21BClFO3/c1-18(2)19(3,4)25-20(24-18)15-7-5-6-8-17(15)23-12-13-9-10-14(22)11-16(13)21/h5-11H,12H2,1-4H3. The lowest BCUT2D eigenvalue weighted by Crippen LogP contribution is -2.41. The molecule has 0 bridgehead atoms. The molecule has 0 N–H and O–H groups in total. The highest BCUT2D eigenvalue weighted by Gasteiger charge is 2.52. The molecule has 2 aromatic carbocycles. The average Bonchev–Trinajstić information content (AvgIpc) is 2.75. The van der Waals surface area contributed by atoms with Crippen LogP contribution in [-0.4, -0.2) is 18.3 Å². The number of hydrogen-bond acceptors (Lipinski definition) is 3. The lowest BCUT2D eigenvalue weighted by Gasteiger charge is -2.32. The molecule has 1 fully saturated rings. The van der Waals surface area contributed by atoms with Crippen LogP contribution < -0.4 is 10.2 Å². The first-order valence-electron chi connectivity index (χ1n) is 8.21. The molecule has 2 aromatic rings. The largest absolute Gasteiger partial charge is 0.498 e. The van der Waals surface area contributed by atoms with Crippen LogP contribution in [0.5, 0.6) is 5.75 Å². The molecule has 3 nitrogen and oxygen atoms in total. The Labute approximate surface area is 153 Å². The minimum atomic E-state index is -0.509. The summed E-state index contributed by atoms with van der Waals surface area (Å²) in [5, 5.41) is 0.341. The van der Waals surface area contributed by atoms with Gasteiger partial charge < -0.3 is 14.0 Å². The summed E-state index contributed by atoms with van der Waals surface area (Å²) in [6, 6.07) is 11.8. The molecule has 0 amide bonds. The molecule has 6 heteroatoms. The summed E-state index contributed by atoms with van der Waals surface area (Å²) in [5.41, 5.74) is 0.682. The zero-order chi connectivity index (χ0) is 18.2. The number of hydrogen-bond donors (Lipinski definition) is 0. The highest BCUT2D eigenvalue weighted by molar-refractivity contribution is 6.63. The molecule has 0 aromatic heterocycles. The van der Waals surface area contributed by atoms with Crippen molar-refractivity contribution in [3.8, 4) is 5.75 Å². The fraction of sp³-hybridized carbons (Fsp3) is 0.368. The first kappa shape index (κ1) is 18.2. The Kier molecular flexibility index (Phi) is 4.84. The van der Waals surface area contributed by atoms with Crippen molar-refractivity contribution in [3.05, 3.63) is 58.9 Å². The molecule has 0 unspecified atom stereocenters. The fourth-order valence-electron chi connectivity index (χ4n) is 2.57. The predicted octanol–water partition coefficient (Wildman–Crippen LogP) is 4.36. The van der Waals surface area contributed by atoms with E-state index in [9.17, 15) is 4.39 Å². The zero-order valence-corrected chi connectivity index (χ0v) is 15.6. The van der Waals surface area contributed by atoms with E-state index in [0.29, 0.717) is 16.3 Å². The van der Waals surface area contributed by atoms with Crippen LogP contribution >= 0.6 is 11.6 Å². The van der Waals surface area contributed by atoms with E-state index in [-0.39, 0.29) is 12.4 Å². The Morgan fingerprint density at radius 3 is 2.32 bits per heavy atom. The van der Waals surface area contributed by atoms with Gasteiger partial charge in [-0.05, 0) is 45.9 Å². The molecule has 3 rings (SSSR count). The second-order valence-corrected chi connectivity index (χ2v) is 7.56. The van der Waals surface area contributed by atoms with Crippen LogP contribution in [0.15, 0.2) is 42.5 Å². The van der Waals surface area contributed by atoms with Gasteiger partial charge in [-0.1, -0.05) is 35.9 Å². The summed E-state index contributed by atoms with van der Waals surface area (Å²) in [6.07, 6.45) is 0. The lowest BCUT2D eigenvalue weighted by molar-refractivity contribution is 0.00578. The normalized spacial score (nSPS) is 18.4. The van der Waals surface area contributed by atoms with Crippen molar-refractivity contribution < 1.29 is 18.4 Å². The molecule has 0 saturated carbocycles. The number of benzene rings is 2. The van der Waals surface area contributed by atoms with Gasteiger partial charge in [-0.2, -0.15) is 0 Å². The van der Waals surface area contributed by atoms with Crippen LogP contribution in [0.2, 0.25) is 5.02 Å². The molecule has 1 aliphatic rings. The van der Waals surface area contributed by atoms with Crippen molar-refractivity contribution in [2.45, 2.75) is 45.5 Å². The lowest BCUT2D eigenvalue weighted by atomic mass is 9.78. The van der Waals surface area contributed by atoms with Gasteiger partial charge in [0.2, 0.25) is 0 Å². The molecule has 0 atom stereocenters. The maximum atomic E-state index is 13.2. The Morgan fingerprint density at radius 1 is 1.04 bits per heavy atom. The van der Waals surface area contributed by atoms with Crippen molar-refractivity contribution in [3.63, 3.8) is 0 Å². The summed E-state index contributed by atoms with van der Waals surface area (Å²) in [4.78, 5) is 0. The summed E-state index contributed by atoms with van der Waals surface area (Å²) < 4.78 is 31.3. The van der Waals surface area contributed by atoms with E-state index in [0.717, 1.165) is 5.46 Å². The first-order chi connectivity index (χ1) is 11.7. The van der Waals surface area contributed by atoms with Gasteiger partial charge in [-0.25, -0.2) is 4.39 Å². The quantitative estimate of drug-likeness (QED) is 0.757. The summed E-state index contributed by atoms with van der Waals surface area (Å²) in [5.74, 6) is 0.285. The average molecular weight is 363 g/mol. The molecule has 0 radical (unpaired) electrons. The molecule has 1 aliphatic heterocycles. The number of halogens is 2. The van der Waals surface area contributed by atoms with Gasteiger partial charge in [0.1, 0.15) is 18.2 Å². The van der Waals surface area contributed by atoms with Crippen molar-refractivity contribution in [1.82, 2.24) is 0 Å². The van der Waals surface area contributed by atoms with E-state index >= 15 is 0 Å². The van der Waals surface area contributed by atoms with Crippen LogP contribution in [0.3, 0.4) is 0 Å². The molecular formula is C19H21BClFO3. The zero-order valence-electron chi connectivity index (χ0n) is 14.8. The fourth-order valence-corrected chi connectivity index (χ4v) is 2.79. The van der Waals surface area contributed by atoms with Gasteiger partial charge >= 0.3 is 7.12 Å². The van der Waals surface area contributed by atoms with Gasteiger partial charge in [0, 0.05) is 11.0 Å². The minimum absolute atomic E-state index is 0.232. The Balaban J connectivity index is 1.80. The van der Waals surface area contributed by atoms with E-state index < -0.39 is 18.3 Å². The predicted molar refractivity (Wildman–Crippen MR) is 97.9 cm³/mol. The van der Waals surface area contributed by atoms with Gasteiger partial charge in [0.25, 0.3) is 0 Å². The Bertz CT molecular complexity index is 763. The third-order valence-corrected chi connectivity index (χ3v) is 5.18. The van der Waals surface area contributed by atoms with E-state index in [1.165, 1.54) is 12.1 Å². The molecule has 1 saturated heterocycles. The number of para-hydroxylation sites is 1. The van der Waals surface area contributed by atoms with Gasteiger partial charge in [-0.3, -0.25) is 0 Å². The van der Waals surface area contributed by atoms with Crippen LogP contribution in [0.1, 0.15) is 33.3 Å². The maximum absolute atomic E-state index is 13.2. The molecule has 1 heterocycles. The smallest absolute Gasteiger partial charge is 0.489 e. The van der Waals surface area contributed by atoms with Crippen molar-refractivity contribution in [1.29, 1.82) is 0 Å². The molecule has 0 aliphatic carbocycles. The third-order valence-electron chi connectivity index (χ3n) is 4.82. The summed E-state index contributed by atoms with van der Waals surface area (Å²) in [6.45, 7) is 8.27. The number of ether oxygens (including phenoxy) is 1. The molecule has 0 spiro atoms. The van der Waals surface area contributed by atoms with Crippen molar-refractivity contribution in [2.75, 3.05) is 0 Å². The molecule has 25 heavy (non-hydrogen) atoms. The SMILES string of the molecule is CC1(C)OB(c2ccccc2OCc2ccc(F)cc2Cl)OC1(C)C. The van der Waals surface area contributed by atoms with E-state index in [1.54, 1.807) is 6.07 Å². The van der Waals surface area contributed by atoms with Crippen molar-refractivity contribution in [2.24, 2.45) is 0 Å². The second-order valence-electron chi connectivity index (χ2n) is 7.15. The van der Waals surface area contributed by atoms with E-state index in [1.807, 2.05) is 52.0 Å². The third kappa shape index (κ3) is 3.69. The maximum Gasteiger partial charge on any atom is 0.498 e. The van der Waals surface area contributed by atoms with Crippen LogP contribution in [0.25, 0.3) is 0 Å². The Morgan fingerprint density at radius 2 is 1.68 bits per heavy atom. The van der Waals surface area contributed by atoms with Crippen molar-refractivity contribution >= 4 is 24.2 Å². The number of rotatable bonds is 4. The molecular weight excluding hydrogens is 341 g/mol. The minimum Gasteiger partial charge on any atom is -0.489 e. The Hall–Kier alpha value is -1.56. The van der Waals surface area contributed by atoms with E-state index in [4.69, 9.17) is 25.6 Å². The van der Waals surface area contributed by atoms with Gasteiger partial charge in [0.05, 0.1) is 16.2 Å². The van der Waals surface area contributed by atoms with Gasteiger partial charge in [0.15, 0.2) is 0 Å². The first-order valence-corrected chi connectivity index (χ1v) is 8.59. The second kappa shape index (κ2) is 6.63. The summed E-state index contributed by atoms with van der Waals surface area (Å²) >= 11 is 6.07. The van der Waals surface area contributed by atoms with Crippen LogP contribution in [-0.2, 0) is 15.9 Å². The monoisotopic (exact) mass is 362 g/mol. The van der Waals surface area contributed by atoms with Crippen LogP contribution in [0, 0.1) is 5.82 Å². The van der Waals surface area contributed by atoms with Gasteiger partial charge in [-0.15, -0.1) is 0 Å². The molecule has 132 valence electrons. The highest BCUT2D eigenvalue weighted by Crippen LogP contribution is 2.37. The van der Waals surface area contributed by atoms with E-state index in [2.05, 4.69) is 0 Å². The topological polar surface area (TPSA) is 27.7 Å².